The van der Waals surface area contributed by atoms with Gasteiger partial charge in [0.2, 0.25) is 0 Å². The molecule has 0 radical (unpaired) electrons. The molecule has 0 aliphatic heterocycles. The fourth-order valence-electron chi connectivity index (χ4n) is 3.28. The summed E-state index contributed by atoms with van der Waals surface area (Å²) >= 11 is 6.40. The first-order valence-electron chi connectivity index (χ1n) is 9.11. The van der Waals surface area contributed by atoms with Crippen LogP contribution >= 0.6 is 11.6 Å². The zero-order valence-corrected chi connectivity index (χ0v) is 16.9. The molecule has 0 aliphatic rings. The predicted octanol–water partition coefficient (Wildman–Crippen LogP) is 3.04. The first kappa shape index (κ1) is 19.0. The number of H-pyrrole nitrogens is 1. The van der Waals surface area contributed by atoms with E-state index in [4.69, 9.17) is 22.1 Å². The smallest absolute Gasteiger partial charge is 0.274 e. The number of carbonyl (C=O) groups excluding carboxylic acids is 1. The van der Waals surface area contributed by atoms with Crippen molar-refractivity contribution in [1.29, 1.82) is 0 Å². The molecule has 9 nitrogen and oxygen atoms in total. The highest BCUT2D eigenvalue weighted by atomic mass is 35.5. The third-order valence-electron chi connectivity index (χ3n) is 4.62. The molecule has 29 heavy (non-hydrogen) atoms. The van der Waals surface area contributed by atoms with Crippen LogP contribution in [-0.2, 0) is 0 Å². The van der Waals surface area contributed by atoms with Crippen LogP contribution in [0.4, 0.5) is 5.82 Å². The van der Waals surface area contributed by atoms with Crippen molar-refractivity contribution in [3.05, 3.63) is 46.4 Å². The van der Waals surface area contributed by atoms with Crippen LogP contribution in [0.15, 0.2) is 24.4 Å². The molecule has 1 aromatic carbocycles. The maximum atomic E-state index is 13.0. The molecular formula is C19H20ClN7O2. The molecule has 4 N–H and O–H groups in total. The highest BCUT2D eigenvalue weighted by Crippen LogP contribution is 2.37. The highest BCUT2D eigenvalue weighted by molar-refractivity contribution is 6.35. The number of anilines is 1. The van der Waals surface area contributed by atoms with Crippen molar-refractivity contribution >= 4 is 39.9 Å². The van der Waals surface area contributed by atoms with Crippen molar-refractivity contribution in [2.24, 2.45) is 0 Å². The van der Waals surface area contributed by atoms with E-state index < -0.39 is 11.9 Å². The number of nitrogens with zero attached hydrogens (tertiary/aromatic N) is 4. The van der Waals surface area contributed by atoms with E-state index in [1.54, 1.807) is 18.3 Å². The fraction of sp³-hybridized carbons (Fsp3) is 0.263. The minimum absolute atomic E-state index is 0.111. The Morgan fingerprint density at radius 2 is 2.24 bits per heavy atom. The number of aromatic amines is 1. The van der Waals surface area contributed by atoms with Crippen LogP contribution in [-0.4, -0.2) is 37.3 Å². The summed E-state index contributed by atoms with van der Waals surface area (Å²) in [6.07, 6.45) is 1.64. The number of aromatic nitrogens is 5. The molecule has 0 saturated heterocycles. The predicted molar refractivity (Wildman–Crippen MR) is 110 cm³/mol. The first-order valence-corrected chi connectivity index (χ1v) is 9.49. The largest absolute Gasteiger partial charge is 0.491 e. The van der Waals surface area contributed by atoms with Crippen molar-refractivity contribution in [3.63, 3.8) is 0 Å². The van der Waals surface area contributed by atoms with E-state index >= 15 is 0 Å². The number of benzene rings is 1. The van der Waals surface area contributed by atoms with Gasteiger partial charge in [-0.3, -0.25) is 9.89 Å². The number of imidazole rings is 1. The molecule has 4 rings (SSSR count). The van der Waals surface area contributed by atoms with Gasteiger partial charge in [0.1, 0.15) is 11.3 Å². The molecule has 0 aliphatic carbocycles. The van der Waals surface area contributed by atoms with Gasteiger partial charge in [0.15, 0.2) is 17.2 Å². The van der Waals surface area contributed by atoms with Gasteiger partial charge < -0.3 is 15.8 Å². The van der Waals surface area contributed by atoms with Gasteiger partial charge in [0.25, 0.3) is 5.91 Å². The normalized spacial score (nSPS) is 12.4. The number of amides is 1. The van der Waals surface area contributed by atoms with E-state index in [0.29, 0.717) is 28.5 Å². The van der Waals surface area contributed by atoms with E-state index in [1.807, 2.05) is 26.8 Å². The Morgan fingerprint density at radius 1 is 1.45 bits per heavy atom. The van der Waals surface area contributed by atoms with Crippen LogP contribution < -0.4 is 15.8 Å². The van der Waals surface area contributed by atoms with Crippen LogP contribution in [0.2, 0.25) is 5.02 Å². The molecule has 0 spiro atoms. The van der Waals surface area contributed by atoms with Gasteiger partial charge >= 0.3 is 0 Å². The van der Waals surface area contributed by atoms with Crippen molar-refractivity contribution in [2.75, 3.05) is 12.3 Å². The molecular weight excluding hydrogens is 394 g/mol. The number of carbonyl (C=O) groups is 1. The van der Waals surface area contributed by atoms with Gasteiger partial charge in [-0.25, -0.2) is 9.50 Å². The second-order valence-electron chi connectivity index (χ2n) is 6.65. The zero-order valence-electron chi connectivity index (χ0n) is 16.2. The fourth-order valence-corrected chi connectivity index (χ4v) is 3.54. The van der Waals surface area contributed by atoms with Crippen molar-refractivity contribution in [3.8, 4) is 5.75 Å². The number of hydrogen-bond acceptors (Lipinski definition) is 6. The minimum Gasteiger partial charge on any atom is -0.491 e. The lowest BCUT2D eigenvalue weighted by Gasteiger charge is -2.19. The summed E-state index contributed by atoms with van der Waals surface area (Å²) in [5, 5.41) is 15.5. The van der Waals surface area contributed by atoms with Crippen LogP contribution in [0.1, 0.15) is 41.6 Å². The molecule has 1 atom stereocenters. The van der Waals surface area contributed by atoms with Crippen molar-refractivity contribution < 1.29 is 9.53 Å². The molecule has 0 saturated carbocycles. The van der Waals surface area contributed by atoms with Crippen LogP contribution in [0.3, 0.4) is 0 Å². The monoisotopic (exact) mass is 413 g/mol. The second kappa shape index (κ2) is 7.25. The van der Waals surface area contributed by atoms with Gasteiger partial charge in [-0.15, -0.1) is 0 Å². The first-order chi connectivity index (χ1) is 13.9. The summed E-state index contributed by atoms with van der Waals surface area (Å²) in [6, 6.07) is 4.92. The van der Waals surface area contributed by atoms with Crippen LogP contribution in [0, 0.1) is 6.92 Å². The molecule has 3 aromatic heterocycles. The topological polar surface area (TPSA) is 123 Å². The zero-order chi connectivity index (χ0) is 20.7. The Morgan fingerprint density at radius 3 is 3.00 bits per heavy atom. The molecule has 0 fully saturated rings. The van der Waals surface area contributed by atoms with E-state index in [1.165, 1.54) is 4.52 Å². The van der Waals surface area contributed by atoms with E-state index in [0.717, 1.165) is 16.6 Å². The number of nitrogens with one attached hydrogen (secondary N) is 2. The van der Waals surface area contributed by atoms with Gasteiger partial charge in [0.05, 0.1) is 29.6 Å². The molecule has 3 heterocycles. The number of halogens is 1. The Hall–Kier alpha value is -3.33. The molecule has 1 unspecified atom stereocenters. The number of nitrogens with two attached hydrogens (primary N) is 1. The summed E-state index contributed by atoms with van der Waals surface area (Å²) in [7, 11) is 0. The number of aryl methyl sites for hydroxylation is 1. The minimum atomic E-state index is -0.427. The van der Waals surface area contributed by atoms with Gasteiger partial charge in [-0.2, -0.15) is 10.2 Å². The molecule has 1 amide bonds. The van der Waals surface area contributed by atoms with E-state index in [9.17, 15) is 4.79 Å². The Labute approximate surface area is 171 Å². The van der Waals surface area contributed by atoms with Crippen LogP contribution in [0.25, 0.3) is 16.6 Å². The molecule has 150 valence electrons. The summed E-state index contributed by atoms with van der Waals surface area (Å²) in [5.74, 6) is 0.307. The lowest BCUT2D eigenvalue weighted by Crippen LogP contribution is -2.29. The third kappa shape index (κ3) is 3.23. The summed E-state index contributed by atoms with van der Waals surface area (Å²) in [4.78, 5) is 17.2. The summed E-state index contributed by atoms with van der Waals surface area (Å²) < 4.78 is 7.28. The molecule has 10 heteroatoms. The van der Waals surface area contributed by atoms with Crippen molar-refractivity contribution in [1.82, 2.24) is 30.1 Å². The third-order valence-corrected chi connectivity index (χ3v) is 4.94. The van der Waals surface area contributed by atoms with E-state index in [-0.39, 0.29) is 11.5 Å². The average molecular weight is 414 g/mol. The average Bonchev–Trinajstić information content (AvgIpc) is 3.28. The number of nitrogen functional groups attached to an aromatic ring is 1. The van der Waals surface area contributed by atoms with E-state index in [2.05, 4.69) is 25.6 Å². The Bertz CT molecular complexity index is 1230. The molecule has 0 bridgehead atoms. The lowest BCUT2D eigenvalue weighted by atomic mass is 10.0. The van der Waals surface area contributed by atoms with Crippen molar-refractivity contribution in [2.45, 2.75) is 26.8 Å². The molecule has 4 aromatic rings. The summed E-state index contributed by atoms with van der Waals surface area (Å²) in [5.41, 5.74) is 8.82. The number of hydrogen-bond donors (Lipinski definition) is 3. The Kier molecular flexibility index (Phi) is 4.75. The lowest BCUT2D eigenvalue weighted by molar-refractivity contribution is 0.0933. The standard InChI is InChI=1S/C19H20ClN7O2/c1-4-29-17-11(7-13(20)12-8-22-25-15(12)17)10(3)23-19(28)16-18(21)24-14-6-5-9(2)26-27(14)16/h5-8,10H,4,21H2,1-3H3,(H,22,25)(H,23,28). The summed E-state index contributed by atoms with van der Waals surface area (Å²) in [6.45, 7) is 6.01. The number of ether oxygens (including phenoxy) is 1. The quantitative estimate of drug-likeness (QED) is 0.462. The number of rotatable bonds is 5. The van der Waals surface area contributed by atoms with Crippen LogP contribution in [0.5, 0.6) is 5.75 Å². The Balaban J connectivity index is 1.72. The van der Waals surface area contributed by atoms with Gasteiger partial charge in [0, 0.05) is 10.9 Å². The highest BCUT2D eigenvalue weighted by Gasteiger charge is 2.24. The number of fused-ring (bicyclic) bond motifs is 2. The van der Waals surface area contributed by atoms with Gasteiger partial charge in [-0.1, -0.05) is 11.6 Å². The SMILES string of the molecule is CCOc1c(C(C)NC(=O)c2c(N)nc3ccc(C)nn23)cc(Cl)c2cn[nH]c12. The maximum Gasteiger partial charge on any atom is 0.274 e. The second-order valence-corrected chi connectivity index (χ2v) is 7.06. The van der Waals surface area contributed by atoms with Gasteiger partial charge in [-0.05, 0) is 39.0 Å². The maximum absolute atomic E-state index is 13.0.